The maximum Gasteiger partial charge on any atom is 0.323 e. The summed E-state index contributed by atoms with van der Waals surface area (Å²) in [6.45, 7) is 2.35. The average molecular weight is 364 g/mol. The molecule has 2 aromatic carbocycles. The molecule has 0 saturated heterocycles. The Morgan fingerprint density at radius 1 is 1.20 bits per heavy atom. The van der Waals surface area contributed by atoms with Gasteiger partial charge in [0.2, 0.25) is 0 Å². The number of halogens is 1. The van der Waals surface area contributed by atoms with E-state index in [1.807, 2.05) is 30.3 Å². The summed E-state index contributed by atoms with van der Waals surface area (Å²) < 4.78 is 16.1. The second-order valence-electron chi connectivity index (χ2n) is 5.43. The summed E-state index contributed by atoms with van der Waals surface area (Å²) in [5.74, 6) is 0.882. The highest BCUT2D eigenvalue weighted by atomic mass is 35.5. The van der Waals surface area contributed by atoms with Crippen LogP contribution in [0.15, 0.2) is 42.5 Å². The fraction of sp³-hybridized carbons (Fsp3) is 0.316. The molecule has 2 N–H and O–H groups in total. The number of methoxy groups -OCH3 is 1. The van der Waals surface area contributed by atoms with Crippen molar-refractivity contribution in [3.8, 4) is 11.5 Å². The molecule has 25 heavy (non-hydrogen) atoms. The third kappa shape index (κ3) is 5.37. The van der Waals surface area contributed by atoms with Gasteiger partial charge in [-0.2, -0.15) is 0 Å². The minimum Gasteiger partial charge on any atom is -0.496 e. The van der Waals surface area contributed by atoms with E-state index in [9.17, 15) is 4.79 Å². The number of para-hydroxylation sites is 1. The lowest BCUT2D eigenvalue weighted by Crippen LogP contribution is -2.34. The molecule has 0 bridgehead atoms. The molecule has 0 saturated carbocycles. The van der Waals surface area contributed by atoms with Crippen LogP contribution in [0.4, 0.5) is 0 Å². The number of esters is 1. The standard InChI is InChI=1S/C19H22ClNO4/c1-3-24-19(22)16(21)11-13-8-9-17(23-2)14(10-13)12-25-18-7-5-4-6-15(18)20/h4-10,16H,3,11-12,21H2,1-2H3. The van der Waals surface area contributed by atoms with Gasteiger partial charge in [0.15, 0.2) is 0 Å². The first-order valence-electron chi connectivity index (χ1n) is 8.00. The average Bonchev–Trinajstić information content (AvgIpc) is 2.61. The van der Waals surface area contributed by atoms with E-state index in [0.717, 1.165) is 11.1 Å². The van der Waals surface area contributed by atoms with Gasteiger partial charge in [-0.25, -0.2) is 0 Å². The molecule has 0 aliphatic carbocycles. The zero-order valence-electron chi connectivity index (χ0n) is 14.3. The number of hydrogen-bond acceptors (Lipinski definition) is 5. The molecule has 0 aromatic heterocycles. The summed E-state index contributed by atoms with van der Waals surface area (Å²) in [5, 5.41) is 0.543. The van der Waals surface area contributed by atoms with Crippen molar-refractivity contribution >= 4 is 17.6 Å². The van der Waals surface area contributed by atoms with Crippen LogP contribution in [0.1, 0.15) is 18.1 Å². The van der Waals surface area contributed by atoms with Crippen molar-refractivity contribution < 1.29 is 19.0 Å². The largest absolute Gasteiger partial charge is 0.496 e. The SMILES string of the molecule is CCOC(=O)C(N)Cc1ccc(OC)c(COc2ccccc2Cl)c1. The van der Waals surface area contributed by atoms with Crippen LogP contribution in [0.3, 0.4) is 0 Å². The maximum atomic E-state index is 11.7. The lowest BCUT2D eigenvalue weighted by molar-refractivity contribution is -0.144. The van der Waals surface area contributed by atoms with E-state index in [1.165, 1.54) is 0 Å². The van der Waals surface area contributed by atoms with Crippen molar-refractivity contribution in [3.63, 3.8) is 0 Å². The third-order valence-corrected chi connectivity index (χ3v) is 3.92. The molecular formula is C19H22ClNO4. The van der Waals surface area contributed by atoms with Crippen LogP contribution in [-0.2, 0) is 22.6 Å². The monoisotopic (exact) mass is 363 g/mol. The predicted octanol–water partition coefficient (Wildman–Crippen LogP) is 3.36. The summed E-state index contributed by atoms with van der Waals surface area (Å²) in [6, 6.07) is 12.2. The minimum absolute atomic E-state index is 0.287. The van der Waals surface area contributed by atoms with Gasteiger partial charge in [-0.05, 0) is 43.2 Å². The van der Waals surface area contributed by atoms with Gasteiger partial charge in [0, 0.05) is 5.56 Å². The molecule has 0 aliphatic rings. The molecule has 6 heteroatoms. The van der Waals surface area contributed by atoms with Crippen LogP contribution in [-0.4, -0.2) is 25.7 Å². The van der Waals surface area contributed by atoms with Gasteiger partial charge < -0.3 is 19.9 Å². The molecule has 0 spiro atoms. The zero-order chi connectivity index (χ0) is 18.2. The number of benzene rings is 2. The lowest BCUT2D eigenvalue weighted by atomic mass is 10.0. The van der Waals surface area contributed by atoms with Crippen molar-refractivity contribution in [2.24, 2.45) is 5.73 Å². The molecular weight excluding hydrogens is 342 g/mol. The van der Waals surface area contributed by atoms with Crippen molar-refractivity contribution in [2.45, 2.75) is 26.0 Å². The maximum absolute atomic E-state index is 11.7. The van der Waals surface area contributed by atoms with Crippen LogP contribution in [0.25, 0.3) is 0 Å². The van der Waals surface area contributed by atoms with Gasteiger partial charge >= 0.3 is 5.97 Å². The summed E-state index contributed by atoms with van der Waals surface area (Å²) in [4.78, 5) is 11.7. The van der Waals surface area contributed by atoms with E-state index >= 15 is 0 Å². The molecule has 1 atom stereocenters. The van der Waals surface area contributed by atoms with Crippen molar-refractivity contribution in [1.29, 1.82) is 0 Å². The second kappa shape index (κ2) is 9.30. The third-order valence-electron chi connectivity index (χ3n) is 3.61. The topological polar surface area (TPSA) is 70.8 Å². The van der Waals surface area contributed by atoms with Crippen LogP contribution >= 0.6 is 11.6 Å². The summed E-state index contributed by atoms with van der Waals surface area (Å²) in [7, 11) is 1.60. The summed E-state index contributed by atoms with van der Waals surface area (Å²) in [6.07, 6.45) is 0.377. The number of hydrogen-bond donors (Lipinski definition) is 1. The molecule has 0 aliphatic heterocycles. The lowest BCUT2D eigenvalue weighted by Gasteiger charge is -2.14. The summed E-state index contributed by atoms with van der Waals surface area (Å²) >= 11 is 6.10. The Labute approximate surface area is 152 Å². The predicted molar refractivity (Wildman–Crippen MR) is 97.1 cm³/mol. The van der Waals surface area contributed by atoms with Crippen molar-refractivity contribution in [2.75, 3.05) is 13.7 Å². The number of nitrogens with two attached hydrogens (primary N) is 1. The Balaban J connectivity index is 2.11. The van der Waals surface area contributed by atoms with Gasteiger partial charge in [0.05, 0.1) is 18.7 Å². The molecule has 2 rings (SSSR count). The Kier molecular flexibility index (Phi) is 7.10. The van der Waals surface area contributed by atoms with Gasteiger partial charge in [-0.15, -0.1) is 0 Å². The fourth-order valence-corrected chi connectivity index (χ4v) is 2.57. The number of rotatable bonds is 8. The van der Waals surface area contributed by atoms with E-state index in [2.05, 4.69) is 0 Å². The van der Waals surface area contributed by atoms with Crippen LogP contribution in [0.5, 0.6) is 11.5 Å². The Morgan fingerprint density at radius 3 is 2.64 bits per heavy atom. The Bertz CT molecular complexity index is 720. The smallest absolute Gasteiger partial charge is 0.323 e. The molecule has 1 unspecified atom stereocenters. The van der Waals surface area contributed by atoms with Crippen LogP contribution < -0.4 is 15.2 Å². The normalized spacial score (nSPS) is 11.7. The first-order chi connectivity index (χ1) is 12.0. The van der Waals surface area contributed by atoms with Gasteiger partial charge in [0.25, 0.3) is 0 Å². The Morgan fingerprint density at radius 2 is 1.96 bits per heavy atom. The number of carbonyl (C=O) groups excluding carboxylic acids is 1. The molecule has 0 fully saturated rings. The van der Waals surface area contributed by atoms with Gasteiger partial charge in [0.1, 0.15) is 24.1 Å². The number of carbonyl (C=O) groups is 1. The second-order valence-corrected chi connectivity index (χ2v) is 5.84. The molecule has 5 nitrogen and oxygen atoms in total. The van der Waals surface area contributed by atoms with Crippen molar-refractivity contribution in [1.82, 2.24) is 0 Å². The highest BCUT2D eigenvalue weighted by Gasteiger charge is 2.16. The fourth-order valence-electron chi connectivity index (χ4n) is 2.38. The Hall–Kier alpha value is -2.24. The molecule has 2 aromatic rings. The van der Waals surface area contributed by atoms with Gasteiger partial charge in [-0.1, -0.05) is 29.8 Å². The van der Waals surface area contributed by atoms with Gasteiger partial charge in [-0.3, -0.25) is 4.79 Å². The first kappa shape index (κ1) is 19.1. The first-order valence-corrected chi connectivity index (χ1v) is 8.38. The minimum atomic E-state index is -0.703. The molecule has 0 radical (unpaired) electrons. The van der Waals surface area contributed by atoms with E-state index in [-0.39, 0.29) is 6.61 Å². The van der Waals surface area contributed by atoms with Crippen molar-refractivity contribution in [3.05, 3.63) is 58.6 Å². The van der Waals surface area contributed by atoms with Crippen LogP contribution in [0, 0.1) is 0 Å². The highest BCUT2D eigenvalue weighted by Crippen LogP contribution is 2.27. The number of ether oxygens (including phenoxy) is 3. The van der Waals surface area contributed by atoms with E-state index < -0.39 is 12.0 Å². The quantitative estimate of drug-likeness (QED) is 0.728. The highest BCUT2D eigenvalue weighted by molar-refractivity contribution is 6.32. The summed E-state index contributed by atoms with van der Waals surface area (Å²) in [5.41, 5.74) is 7.63. The molecule has 0 amide bonds. The molecule has 0 heterocycles. The zero-order valence-corrected chi connectivity index (χ0v) is 15.1. The van der Waals surface area contributed by atoms with Crippen LogP contribution in [0.2, 0.25) is 5.02 Å². The van der Waals surface area contributed by atoms with E-state index in [0.29, 0.717) is 29.5 Å². The van der Waals surface area contributed by atoms with E-state index in [1.54, 1.807) is 26.2 Å². The molecule has 134 valence electrons. The van der Waals surface area contributed by atoms with E-state index in [4.69, 9.17) is 31.5 Å².